The number of pyridine rings is 1. The summed E-state index contributed by atoms with van der Waals surface area (Å²) in [6, 6.07) is 13.3. The number of amides is 1. The molecule has 1 heterocycles. The Labute approximate surface area is 178 Å². The summed E-state index contributed by atoms with van der Waals surface area (Å²) >= 11 is 3.27. The van der Waals surface area contributed by atoms with Crippen molar-refractivity contribution in [1.29, 1.82) is 0 Å². The Morgan fingerprint density at radius 1 is 1.10 bits per heavy atom. The van der Waals surface area contributed by atoms with Crippen molar-refractivity contribution < 1.29 is 19.2 Å². The van der Waals surface area contributed by atoms with Gasteiger partial charge in [0, 0.05) is 40.1 Å². The van der Waals surface area contributed by atoms with Crippen molar-refractivity contribution >= 4 is 39.7 Å². The molecule has 150 valence electrons. The van der Waals surface area contributed by atoms with Crippen LogP contribution in [0.25, 0.3) is 0 Å². The number of ether oxygens (including phenoxy) is 1. The molecule has 0 unspecified atom stereocenters. The number of rotatable bonds is 6. The van der Waals surface area contributed by atoms with Crippen molar-refractivity contribution in [2.24, 2.45) is 5.10 Å². The van der Waals surface area contributed by atoms with Gasteiger partial charge in [-0.3, -0.25) is 19.9 Å². The van der Waals surface area contributed by atoms with Crippen LogP contribution >= 0.6 is 15.9 Å². The molecule has 0 aliphatic carbocycles. The van der Waals surface area contributed by atoms with Crippen LogP contribution in [0.4, 0.5) is 5.69 Å². The van der Waals surface area contributed by atoms with Crippen LogP contribution in [0.2, 0.25) is 0 Å². The lowest BCUT2D eigenvalue weighted by molar-refractivity contribution is -0.384. The summed E-state index contributed by atoms with van der Waals surface area (Å²) < 4.78 is 6.06. The average molecular weight is 469 g/mol. The van der Waals surface area contributed by atoms with E-state index >= 15 is 0 Å². The molecule has 30 heavy (non-hydrogen) atoms. The van der Waals surface area contributed by atoms with Crippen LogP contribution < -0.4 is 10.2 Å². The number of hydrogen-bond donors (Lipinski definition) is 1. The third kappa shape index (κ3) is 5.32. The van der Waals surface area contributed by atoms with Crippen LogP contribution in [-0.4, -0.2) is 28.0 Å². The number of halogens is 1. The van der Waals surface area contributed by atoms with Crippen LogP contribution in [0.1, 0.15) is 26.3 Å². The molecular weight excluding hydrogens is 456 g/mol. The Hall–Kier alpha value is -3.92. The summed E-state index contributed by atoms with van der Waals surface area (Å²) in [7, 11) is 0. The number of nitrogens with one attached hydrogen (secondary N) is 1. The standard InChI is InChI=1S/C20H13BrN4O5/c21-16-3-1-2-14(10-16)20(27)30-18-5-4-17(25(28)29)11-15(18)12-23-24-19(26)13-6-8-22-9-7-13/h1-12H,(H,24,26). The summed E-state index contributed by atoms with van der Waals surface area (Å²) in [5.41, 5.74) is 2.84. The van der Waals surface area contributed by atoms with Gasteiger partial charge in [-0.2, -0.15) is 5.10 Å². The first-order chi connectivity index (χ1) is 14.4. The summed E-state index contributed by atoms with van der Waals surface area (Å²) in [6.45, 7) is 0. The quantitative estimate of drug-likeness (QED) is 0.193. The molecule has 0 bridgehead atoms. The second-order valence-corrected chi connectivity index (χ2v) is 6.73. The molecule has 0 atom stereocenters. The van der Waals surface area contributed by atoms with Crippen molar-refractivity contribution in [3.8, 4) is 5.75 Å². The van der Waals surface area contributed by atoms with Gasteiger partial charge in [0.15, 0.2) is 0 Å². The molecule has 0 radical (unpaired) electrons. The summed E-state index contributed by atoms with van der Waals surface area (Å²) in [5.74, 6) is -1.10. The van der Waals surface area contributed by atoms with E-state index in [0.29, 0.717) is 10.0 Å². The summed E-state index contributed by atoms with van der Waals surface area (Å²) in [6.07, 6.45) is 4.08. The zero-order chi connectivity index (χ0) is 21.5. The van der Waals surface area contributed by atoms with E-state index in [2.05, 4.69) is 31.4 Å². The van der Waals surface area contributed by atoms with Gasteiger partial charge < -0.3 is 4.74 Å². The molecule has 3 aromatic rings. The van der Waals surface area contributed by atoms with Gasteiger partial charge in [0.25, 0.3) is 11.6 Å². The van der Waals surface area contributed by atoms with E-state index in [-0.39, 0.29) is 22.6 Å². The number of benzene rings is 2. The average Bonchev–Trinajstić information content (AvgIpc) is 2.75. The number of nitro groups is 1. The maximum atomic E-state index is 12.4. The fourth-order valence-corrected chi connectivity index (χ4v) is 2.75. The fourth-order valence-electron chi connectivity index (χ4n) is 2.35. The number of hydrazone groups is 1. The molecule has 0 saturated carbocycles. The minimum Gasteiger partial charge on any atom is -0.422 e. The molecule has 1 aromatic heterocycles. The molecule has 1 amide bonds. The number of nitro benzene ring substituents is 1. The molecule has 3 rings (SSSR count). The Bertz CT molecular complexity index is 1140. The van der Waals surface area contributed by atoms with E-state index in [9.17, 15) is 19.7 Å². The smallest absolute Gasteiger partial charge is 0.343 e. The Kier molecular flexibility index (Phi) is 6.60. The number of non-ortho nitro benzene ring substituents is 1. The van der Waals surface area contributed by atoms with Gasteiger partial charge in [-0.25, -0.2) is 10.2 Å². The highest BCUT2D eigenvalue weighted by molar-refractivity contribution is 9.10. The van der Waals surface area contributed by atoms with E-state index in [0.717, 1.165) is 6.21 Å². The highest BCUT2D eigenvalue weighted by atomic mass is 79.9. The molecule has 0 aliphatic rings. The van der Waals surface area contributed by atoms with E-state index in [1.54, 1.807) is 24.3 Å². The number of aromatic nitrogens is 1. The van der Waals surface area contributed by atoms with E-state index < -0.39 is 16.8 Å². The van der Waals surface area contributed by atoms with Crippen LogP contribution in [0.5, 0.6) is 5.75 Å². The largest absolute Gasteiger partial charge is 0.422 e. The molecule has 0 fully saturated rings. The van der Waals surface area contributed by atoms with Gasteiger partial charge in [0.05, 0.1) is 16.7 Å². The van der Waals surface area contributed by atoms with Crippen LogP contribution in [0.15, 0.2) is 76.6 Å². The molecular formula is C20H13BrN4O5. The van der Waals surface area contributed by atoms with Gasteiger partial charge in [0.2, 0.25) is 0 Å². The van der Waals surface area contributed by atoms with Crippen molar-refractivity contribution in [2.75, 3.05) is 0 Å². The second kappa shape index (κ2) is 9.52. The number of esters is 1. The van der Waals surface area contributed by atoms with E-state index in [1.807, 2.05) is 0 Å². The number of hydrogen-bond acceptors (Lipinski definition) is 7. The molecule has 9 nitrogen and oxygen atoms in total. The molecule has 0 aliphatic heterocycles. The maximum absolute atomic E-state index is 12.4. The Morgan fingerprint density at radius 3 is 2.57 bits per heavy atom. The third-order valence-corrected chi connectivity index (χ3v) is 4.27. The lowest BCUT2D eigenvalue weighted by Crippen LogP contribution is -2.17. The zero-order valence-electron chi connectivity index (χ0n) is 15.2. The molecule has 0 saturated heterocycles. The summed E-state index contributed by atoms with van der Waals surface area (Å²) in [4.78, 5) is 38.8. The second-order valence-electron chi connectivity index (χ2n) is 5.81. The van der Waals surface area contributed by atoms with E-state index in [1.165, 1.54) is 42.7 Å². The Morgan fingerprint density at radius 2 is 1.87 bits per heavy atom. The van der Waals surface area contributed by atoms with Crippen LogP contribution in [0, 0.1) is 10.1 Å². The predicted octanol–water partition coefficient (Wildman–Crippen LogP) is 3.74. The number of nitrogens with zero attached hydrogens (tertiary/aromatic N) is 3. The van der Waals surface area contributed by atoms with E-state index in [4.69, 9.17) is 4.74 Å². The molecule has 10 heteroatoms. The van der Waals surface area contributed by atoms with Crippen molar-refractivity contribution in [3.05, 3.63) is 98.3 Å². The fraction of sp³-hybridized carbons (Fsp3) is 0. The molecule has 1 N–H and O–H groups in total. The van der Waals surface area contributed by atoms with Crippen molar-refractivity contribution in [1.82, 2.24) is 10.4 Å². The minimum atomic E-state index is -0.652. The van der Waals surface area contributed by atoms with Crippen LogP contribution in [0.3, 0.4) is 0 Å². The van der Waals surface area contributed by atoms with Gasteiger partial charge in [-0.05, 0) is 36.4 Å². The highest BCUT2D eigenvalue weighted by Gasteiger charge is 2.15. The monoisotopic (exact) mass is 468 g/mol. The van der Waals surface area contributed by atoms with Gasteiger partial charge >= 0.3 is 5.97 Å². The first-order valence-electron chi connectivity index (χ1n) is 8.43. The summed E-state index contributed by atoms with van der Waals surface area (Å²) in [5, 5.41) is 14.9. The van der Waals surface area contributed by atoms with Crippen molar-refractivity contribution in [2.45, 2.75) is 0 Å². The van der Waals surface area contributed by atoms with Gasteiger partial charge in [-0.1, -0.05) is 22.0 Å². The first-order valence-corrected chi connectivity index (χ1v) is 9.23. The van der Waals surface area contributed by atoms with Gasteiger partial charge in [0.1, 0.15) is 5.75 Å². The third-order valence-electron chi connectivity index (χ3n) is 3.78. The van der Waals surface area contributed by atoms with Crippen molar-refractivity contribution in [3.63, 3.8) is 0 Å². The number of carbonyl (C=O) groups excluding carboxylic acids is 2. The Balaban J connectivity index is 1.82. The molecule has 0 spiro atoms. The topological polar surface area (TPSA) is 124 Å². The lowest BCUT2D eigenvalue weighted by Gasteiger charge is -2.08. The maximum Gasteiger partial charge on any atom is 0.343 e. The molecule has 2 aromatic carbocycles. The SMILES string of the molecule is O=C(NN=Cc1cc([N+](=O)[O-])ccc1OC(=O)c1cccc(Br)c1)c1ccncc1. The normalized spacial score (nSPS) is 10.6. The number of carbonyl (C=O) groups is 2. The van der Waals surface area contributed by atoms with Gasteiger partial charge in [-0.15, -0.1) is 0 Å². The first kappa shape index (κ1) is 20.8. The zero-order valence-corrected chi connectivity index (χ0v) is 16.8. The minimum absolute atomic E-state index is 0.0486. The van der Waals surface area contributed by atoms with Crippen LogP contribution in [-0.2, 0) is 0 Å². The lowest BCUT2D eigenvalue weighted by atomic mass is 10.2. The predicted molar refractivity (Wildman–Crippen MR) is 111 cm³/mol. The highest BCUT2D eigenvalue weighted by Crippen LogP contribution is 2.24.